The van der Waals surface area contributed by atoms with E-state index in [4.69, 9.17) is 4.74 Å². The van der Waals surface area contributed by atoms with Gasteiger partial charge in [0.05, 0.1) is 12.7 Å². The number of alkyl halides is 3. The number of rotatable bonds is 6. The van der Waals surface area contributed by atoms with E-state index >= 15 is 0 Å². The molecular weight excluding hydrogens is 367 g/mol. The molecule has 0 radical (unpaired) electrons. The van der Waals surface area contributed by atoms with Crippen LogP contribution in [0.1, 0.15) is 24.0 Å². The Morgan fingerprint density at radius 2 is 1.93 bits per heavy atom. The van der Waals surface area contributed by atoms with Gasteiger partial charge in [-0.1, -0.05) is 30.4 Å². The van der Waals surface area contributed by atoms with Gasteiger partial charge in [0.15, 0.2) is 0 Å². The van der Waals surface area contributed by atoms with E-state index in [1.807, 2.05) is 35.2 Å². The zero-order valence-corrected chi connectivity index (χ0v) is 15.7. The predicted octanol–water partition coefficient (Wildman–Crippen LogP) is 4.38. The van der Waals surface area contributed by atoms with Crippen molar-refractivity contribution >= 4 is 11.9 Å². The molecule has 0 amide bonds. The lowest BCUT2D eigenvalue weighted by Gasteiger charge is -2.33. The smallest absolute Gasteiger partial charge is 0.417 e. The van der Waals surface area contributed by atoms with Crippen LogP contribution in [-0.4, -0.2) is 37.8 Å². The fourth-order valence-corrected chi connectivity index (χ4v) is 3.28. The lowest BCUT2D eigenvalue weighted by atomic mass is 10.0. The summed E-state index contributed by atoms with van der Waals surface area (Å²) in [5, 5.41) is 3.51. The van der Waals surface area contributed by atoms with Gasteiger partial charge in [-0.25, -0.2) is 4.98 Å². The number of nitrogens with one attached hydrogen (secondary N) is 1. The molecule has 0 atom stereocenters. The highest BCUT2D eigenvalue weighted by atomic mass is 19.4. The summed E-state index contributed by atoms with van der Waals surface area (Å²) < 4.78 is 43.2. The summed E-state index contributed by atoms with van der Waals surface area (Å²) >= 11 is 0. The van der Waals surface area contributed by atoms with E-state index in [-0.39, 0.29) is 0 Å². The standard InChI is InChI=1S/C21H24F3N3O/c1-28-19-7-3-2-5-16(19)6-4-12-25-18-10-13-27(14-11-18)20-9-8-17(15-26-20)21(22,23)24/h2-9,15,18,25H,10-14H2,1H3/b6-4+. The molecule has 28 heavy (non-hydrogen) atoms. The van der Waals surface area contributed by atoms with Crippen LogP contribution in [0.5, 0.6) is 5.75 Å². The molecule has 0 bridgehead atoms. The fourth-order valence-electron chi connectivity index (χ4n) is 3.28. The number of anilines is 1. The number of para-hydroxylation sites is 1. The summed E-state index contributed by atoms with van der Waals surface area (Å²) in [5.74, 6) is 1.44. The molecule has 1 aliphatic heterocycles. The zero-order valence-electron chi connectivity index (χ0n) is 15.7. The molecule has 1 aliphatic rings. The van der Waals surface area contributed by atoms with Gasteiger partial charge in [-0.05, 0) is 31.0 Å². The van der Waals surface area contributed by atoms with Gasteiger partial charge in [-0.3, -0.25) is 0 Å². The lowest BCUT2D eigenvalue weighted by molar-refractivity contribution is -0.137. The number of halogens is 3. The minimum atomic E-state index is -4.35. The van der Waals surface area contributed by atoms with Gasteiger partial charge in [-0.2, -0.15) is 13.2 Å². The van der Waals surface area contributed by atoms with Gasteiger partial charge in [-0.15, -0.1) is 0 Å². The number of hydrogen-bond acceptors (Lipinski definition) is 4. The average Bonchev–Trinajstić information content (AvgIpc) is 2.71. The van der Waals surface area contributed by atoms with Crippen LogP contribution in [0.3, 0.4) is 0 Å². The second-order valence-electron chi connectivity index (χ2n) is 6.72. The minimum Gasteiger partial charge on any atom is -0.496 e. The van der Waals surface area contributed by atoms with Crippen molar-refractivity contribution in [1.29, 1.82) is 0 Å². The predicted molar refractivity (Wildman–Crippen MR) is 105 cm³/mol. The van der Waals surface area contributed by atoms with E-state index in [0.29, 0.717) is 11.9 Å². The average molecular weight is 391 g/mol. The monoisotopic (exact) mass is 391 g/mol. The zero-order chi connectivity index (χ0) is 20.0. The molecule has 4 nitrogen and oxygen atoms in total. The number of aromatic nitrogens is 1. The minimum absolute atomic E-state index is 0.382. The van der Waals surface area contributed by atoms with Crippen molar-refractivity contribution < 1.29 is 17.9 Å². The van der Waals surface area contributed by atoms with Crippen molar-refractivity contribution in [1.82, 2.24) is 10.3 Å². The number of hydrogen-bond donors (Lipinski definition) is 1. The van der Waals surface area contributed by atoms with Gasteiger partial charge in [0.1, 0.15) is 11.6 Å². The Balaban J connectivity index is 1.45. The number of ether oxygens (including phenoxy) is 1. The normalized spacial score (nSPS) is 15.9. The summed E-state index contributed by atoms with van der Waals surface area (Å²) in [6.07, 6.45) is 2.51. The quantitative estimate of drug-likeness (QED) is 0.793. The molecule has 2 aromatic rings. The van der Waals surface area contributed by atoms with Crippen LogP contribution in [-0.2, 0) is 6.18 Å². The highest BCUT2D eigenvalue weighted by Crippen LogP contribution is 2.29. The fraction of sp³-hybridized carbons (Fsp3) is 0.381. The molecule has 1 saturated heterocycles. The molecule has 1 N–H and O–H groups in total. The Labute approximate surface area is 163 Å². The molecule has 1 aromatic heterocycles. The number of pyridine rings is 1. The Bertz CT molecular complexity index is 782. The van der Waals surface area contributed by atoms with Gasteiger partial charge >= 0.3 is 6.18 Å². The molecule has 1 aromatic carbocycles. The second kappa shape index (κ2) is 9.10. The number of nitrogens with zero attached hydrogens (tertiary/aromatic N) is 2. The van der Waals surface area contributed by atoms with E-state index in [2.05, 4.69) is 16.4 Å². The van der Waals surface area contributed by atoms with Crippen LogP contribution in [0.25, 0.3) is 6.08 Å². The first kappa shape index (κ1) is 20.2. The summed E-state index contributed by atoms with van der Waals surface area (Å²) in [7, 11) is 1.66. The first-order valence-electron chi connectivity index (χ1n) is 9.28. The maximum absolute atomic E-state index is 12.6. The summed E-state index contributed by atoms with van der Waals surface area (Å²) in [6.45, 7) is 2.29. The summed E-state index contributed by atoms with van der Waals surface area (Å²) in [4.78, 5) is 6.01. The topological polar surface area (TPSA) is 37.4 Å². The van der Waals surface area contributed by atoms with Crippen molar-refractivity contribution in [2.75, 3.05) is 31.6 Å². The third-order valence-electron chi connectivity index (χ3n) is 4.85. The Morgan fingerprint density at radius 1 is 1.18 bits per heavy atom. The molecule has 0 unspecified atom stereocenters. The van der Waals surface area contributed by atoms with Gasteiger partial charge in [0.2, 0.25) is 0 Å². The highest BCUT2D eigenvalue weighted by Gasteiger charge is 2.31. The summed E-state index contributed by atoms with van der Waals surface area (Å²) in [6, 6.07) is 10.8. The van der Waals surface area contributed by atoms with Crippen LogP contribution < -0.4 is 15.0 Å². The molecule has 0 saturated carbocycles. The van der Waals surface area contributed by atoms with Crippen LogP contribution in [0.15, 0.2) is 48.7 Å². The lowest BCUT2D eigenvalue weighted by Crippen LogP contribution is -2.42. The van der Waals surface area contributed by atoms with Crippen molar-refractivity contribution in [2.45, 2.75) is 25.1 Å². The van der Waals surface area contributed by atoms with E-state index < -0.39 is 11.7 Å². The first-order chi connectivity index (χ1) is 13.5. The highest BCUT2D eigenvalue weighted by molar-refractivity contribution is 5.57. The van der Waals surface area contributed by atoms with Gasteiger partial charge in [0, 0.05) is 37.4 Å². The van der Waals surface area contributed by atoms with Crippen LogP contribution in [0.2, 0.25) is 0 Å². The third-order valence-corrected chi connectivity index (χ3v) is 4.85. The molecule has 1 fully saturated rings. The van der Waals surface area contributed by atoms with Crippen LogP contribution in [0.4, 0.5) is 19.0 Å². The van der Waals surface area contributed by atoms with Crippen molar-refractivity contribution in [3.8, 4) is 5.75 Å². The maximum Gasteiger partial charge on any atom is 0.417 e. The number of methoxy groups -OCH3 is 1. The Morgan fingerprint density at radius 3 is 2.57 bits per heavy atom. The van der Waals surface area contributed by atoms with Crippen molar-refractivity contribution in [3.05, 3.63) is 59.8 Å². The molecular formula is C21H24F3N3O. The van der Waals surface area contributed by atoms with Gasteiger partial charge in [0.25, 0.3) is 0 Å². The van der Waals surface area contributed by atoms with Gasteiger partial charge < -0.3 is 15.0 Å². The molecule has 7 heteroatoms. The maximum atomic E-state index is 12.6. The number of benzene rings is 1. The second-order valence-corrected chi connectivity index (χ2v) is 6.72. The van der Waals surface area contributed by atoms with E-state index in [0.717, 1.165) is 56.1 Å². The van der Waals surface area contributed by atoms with Crippen LogP contribution in [0, 0.1) is 0 Å². The SMILES string of the molecule is COc1ccccc1/C=C/CNC1CCN(c2ccc(C(F)(F)F)cn2)CC1. The van der Waals surface area contributed by atoms with Crippen molar-refractivity contribution in [2.24, 2.45) is 0 Å². The molecule has 3 rings (SSSR count). The van der Waals surface area contributed by atoms with E-state index in [1.165, 1.54) is 6.07 Å². The Hall–Kier alpha value is -2.54. The van der Waals surface area contributed by atoms with Crippen molar-refractivity contribution in [3.63, 3.8) is 0 Å². The molecule has 150 valence electrons. The third kappa shape index (κ3) is 5.25. The largest absolute Gasteiger partial charge is 0.496 e. The molecule has 0 aliphatic carbocycles. The van der Waals surface area contributed by atoms with Crippen LogP contribution >= 0.6 is 0 Å². The molecule has 0 spiro atoms. The van der Waals surface area contributed by atoms with E-state index in [1.54, 1.807) is 7.11 Å². The first-order valence-corrected chi connectivity index (χ1v) is 9.28. The summed E-state index contributed by atoms with van der Waals surface area (Å²) in [5.41, 5.74) is 0.324. The number of piperidine rings is 1. The Kier molecular flexibility index (Phi) is 6.57. The molecule has 2 heterocycles. The van der Waals surface area contributed by atoms with E-state index in [9.17, 15) is 13.2 Å².